The molecular formula is C24H24N6O4S. The van der Waals surface area contributed by atoms with E-state index in [1.165, 1.54) is 31.2 Å². The van der Waals surface area contributed by atoms with Crippen molar-refractivity contribution in [3.63, 3.8) is 0 Å². The van der Waals surface area contributed by atoms with E-state index in [9.17, 15) is 13.2 Å². The Labute approximate surface area is 203 Å². The van der Waals surface area contributed by atoms with Crippen molar-refractivity contribution in [2.75, 3.05) is 10.0 Å². The number of sulfonamides is 1. The van der Waals surface area contributed by atoms with Gasteiger partial charge in [-0.3, -0.25) is 9.52 Å². The Hall–Kier alpha value is -4.25. The van der Waals surface area contributed by atoms with E-state index in [0.717, 1.165) is 11.4 Å². The topological polar surface area (TPSA) is 128 Å². The fourth-order valence-corrected chi connectivity index (χ4v) is 4.45. The normalized spacial score (nSPS) is 11.2. The third kappa shape index (κ3) is 5.82. The molecule has 2 aromatic carbocycles. The molecule has 0 spiro atoms. The summed E-state index contributed by atoms with van der Waals surface area (Å²) < 4.78 is 35.5. The summed E-state index contributed by atoms with van der Waals surface area (Å²) in [6, 6.07) is 16.0. The first-order valence-corrected chi connectivity index (χ1v) is 12.1. The minimum absolute atomic E-state index is 0.0695. The highest BCUT2D eigenvalue weighted by molar-refractivity contribution is 7.92. The first kappa shape index (κ1) is 23.9. The van der Waals surface area contributed by atoms with Crippen LogP contribution in [0.3, 0.4) is 0 Å². The third-order valence-corrected chi connectivity index (χ3v) is 6.24. The van der Waals surface area contributed by atoms with E-state index in [4.69, 9.17) is 4.74 Å². The molecule has 0 aliphatic rings. The van der Waals surface area contributed by atoms with Crippen LogP contribution in [0.5, 0.6) is 11.6 Å². The molecule has 0 bridgehead atoms. The summed E-state index contributed by atoms with van der Waals surface area (Å²) in [5.41, 5.74) is 2.69. The van der Waals surface area contributed by atoms with Gasteiger partial charge in [-0.15, -0.1) is 0 Å². The summed E-state index contributed by atoms with van der Waals surface area (Å²) in [5.74, 6) is 1.70. The molecule has 0 aliphatic carbocycles. The molecule has 0 aliphatic heterocycles. The number of carbonyl (C=O) groups excluding carboxylic acids is 1. The number of aryl methyl sites for hydroxylation is 3. The number of carbonyl (C=O) groups is 1. The van der Waals surface area contributed by atoms with Gasteiger partial charge in [0.2, 0.25) is 11.8 Å². The van der Waals surface area contributed by atoms with Crippen molar-refractivity contribution >= 4 is 27.3 Å². The Morgan fingerprint density at radius 2 is 1.57 bits per heavy atom. The molecule has 2 aromatic heterocycles. The zero-order valence-corrected chi connectivity index (χ0v) is 20.4. The second kappa shape index (κ2) is 9.55. The Morgan fingerprint density at radius 1 is 0.914 bits per heavy atom. The van der Waals surface area contributed by atoms with Crippen LogP contribution in [0.2, 0.25) is 0 Å². The zero-order valence-electron chi connectivity index (χ0n) is 19.6. The van der Waals surface area contributed by atoms with Crippen LogP contribution in [0, 0.1) is 20.8 Å². The lowest BCUT2D eigenvalue weighted by Crippen LogP contribution is -2.13. The van der Waals surface area contributed by atoms with E-state index in [-0.39, 0.29) is 10.8 Å². The SMILES string of the molecule is CC(=O)Nc1ccc(S(=O)(=O)Nc2ccc(Oc3cc(-n4nc(C)cc4C)nc(C)n3)cc2)cc1. The third-order valence-electron chi connectivity index (χ3n) is 4.84. The van der Waals surface area contributed by atoms with E-state index in [1.54, 1.807) is 41.9 Å². The number of hydrogen-bond donors (Lipinski definition) is 2. The maximum absolute atomic E-state index is 12.7. The summed E-state index contributed by atoms with van der Waals surface area (Å²) in [7, 11) is -3.81. The monoisotopic (exact) mass is 492 g/mol. The van der Waals surface area contributed by atoms with Crippen molar-refractivity contribution in [2.24, 2.45) is 0 Å². The van der Waals surface area contributed by atoms with E-state index in [0.29, 0.717) is 34.6 Å². The Kier molecular flexibility index (Phi) is 6.52. The molecule has 0 saturated carbocycles. The van der Waals surface area contributed by atoms with Crippen molar-refractivity contribution < 1.29 is 17.9 Å². The van der Waals surface area contributed by atoms with Crippen LogP contribution in [-0.2, 0) is 14.8 Å². The fourth-order valence-electron chi connectivity index (χ4n) is 3.39. The van der Waals surface area contributed by atoms with Gasteiger partial charge in [0.1, 0.15) is 11.6 Å². The molecule has 2 N–H and O–H groups in total. The standard InChI is InChI=1S/C24H24N6O4S/c1-15-13-16(2)30(28-15)23-14-24(26-17(3)25-23)34-21-9-5-20(6-10-21)29-35(32,33)22-11-7-19(8-12-22)27-18(4)31/h5-14,29H,1-4H3,(H,27,31). The van der Waals surface area contributed by atoms with E-state index >= 15 is 0 Å². The first-order chi connectivity index (χ1) is 16.6. The molecule has 0 radical (unpaired) electrons. The molecule has 4 rings (SSSR count). The highest BCUT2D eigenvalue weighted by Crippen LogP contribution is 2.25. The molecule has 1 amide bonds. The number of amides is 1. The molecule has 0 unspecified atom stereocenters. The summed E-state index contributed by atoms with van der Waals surface area (Å²) in [6.45, 7) is 7.00. The average Bonchev–Trinajstić information content (AvgIpc) is 3.12. The van der Waals surface area contributed by atoms with Gasteiger partial charge in [0.25, 0.3) is 10.0 Å². The van der Waals surface area contributed by atoms with Gasteiger partial charge in [0.15, 0.2) is 5.82 Å². The second-order valence-corrected chi connectivity index (χ2v) is 9.57. The summed E-state index contributed by atoms with van der Waals surface area (Å²) >= 11 is 0. The van der Waals surface area contributed by atoms with Crippen molar-refractivity contribution in [1.82, 2.24) is 19.7 Å². The lowest BCUT2D eigenvalue weighted by Gasteiger charge is -2.11. The largest absolute Gasteiger partial charge is 0.439 e. The number of anilines is 2. The number of nitrogens with zero attached hydrogens (tertiary/aromatic N) is 4. The Morgan fingerprint density at radius 3 is 2.17 bits per heavy atom. The molecule has 0 fully saturated rings. The first-order valence-electron chi connectivity index (χ1n) is 10.7. The molecule has 10 nitrogen and oxygen atoms in total. The smallest absolute Gasteiger partial charge is 0.261 e. The zero-order chi connectivity index (χ0) is 25.2. The Balaban J connectivity index is 1.48. The summed E-state index contributed by atoms with van der Waals surface area (Å²) in [4.78, 5) is 20.0. The number of aromatic nitrogens is 4. The van der Waals surface area contributed by atoms with Gasteiger partial charge in [0.05, 0.1) is 10.6 Å². The summed E-state index contributed by atoms with van der Waals surface area (Å²) in [5, 5.41) is 7.04. The minimum Gasteiger partial charge on any atom is -0.439 e. The van der Waals surface area contributed by atoms with Crippen LogP contribution >= 0.6 is 0 Å². The van der Waals surface area contributed by atoms with Crippen LogP contribution in [0.25, 0.3) is 5.82 Å². The van der Waals surface area contributed by atoms with Crippen LogP contribution in [-0.4, -0.2) is 34.1 Å². The quantitative estimate of drug-likeness (QED) is 0.397. The molecule has 0 atom stereocenters. The molecule has 11 heteroatoms. The van der Waals surface area contributed by atoms with Crippen LogP contribution in [0.1, 0.15) is 24.1 Å². The van der Waals surface area contributed by atoms with Crippen LogP contribution < -0.4 is 14.8 Å². The maximum Gasteiger partial charge on any atom is 0.261 e. The number of benzene rings is 2. The van der Waals surface area contributed by atoms with Crippen molar-refractivity contribution in [3.8, 4) is 17.4 Å². The highest BCUT2D eigenvalue weighted by Gasteiger charge is 2.15. The van der Waals surface area contributed by atoms with Gasteiger partial charge in [-0.1, -0.05) is 0 Å². The average molecular weight is 493 g/mol. The van der Waals surface area contributed by atoms with Crippen molar-refractivity contribution in [2.45, 2.75) is 32.6 Å². The van der Waals surface area contributed by atoms with Crippen molar-refractivity contribution in [1.29, 1.82) is 0 Å². The van der Waals surface area contributed by atoms with Crippen LogP contribution in [0.15, 0.2) is 65.6 Å². The predicted octanol–water partition coefficient (Wildman–Crippen LogP) is 4.14. The van der Waals surface area contributed by atoms with Gasteiger partial charge < -0.3 is 10.1 Å². The van der Waals surface area contributed by atoms with Gasteiger partial charge >= 0.3 is 0 Å². The highest BCUT2D eigenvalue weighted by atomic mass is 32.2. The van der Waals surface area contributed by atoms with Gasteiger partial charge in [-0.2, -0.15) is 10.1 Å². The van der Waals surface area contributed by atoms with E-state index in [1.807, 2.05) is 19.9 Å². The number of rotatable bonds is 7. The molecule has 4 aromatic rings. The van der Waals surface area contributed by atoms with E-state index in [2.05, 4.69) is 25.1 Å². The van der Waals surface area contributed by atoms with Gasteiger partial charge in [-0.25, -0.2) is 18.1 Å². The lowest BCUT2D eigenvalue weighted by atomic mass is 10.3. The molecule has 180 valence electrons. The minimum atomic E-state index is -3.81. The predicted molar refractivity (Wildman–Crippen MR) is 131 cm³/mol. The Bertz CT molecular complexity index is 1480. The van der Waals surface area contributed by atoms with Gasteiger partial charge in [-0.05, 0) is 75.4 Å². The molecule has 35 heavy (non-hydrogen) atoms. The number of nitrogens with one attached hydrogen (secondary N) is 2. The fraction of sp³-hybridized carbons (Fsp3) is 0.167. The lowest BCUT2D eigenvalue weighted by molar-refractivity contribution is -0.114. The number of hydrogen-bond acceptors (Lipinski definition) is 7. The van der Waals surface area contributed by atoms with E-state index < -0.39 is 10.0 Å². The molecule has 2 heterocycles. The molecule has 0 saturated heterocycles. The van der Waals surface area contributed by atoms with Crippen molar-refractivity contribution in [3.05, 3.63) is 77.9 Å². The second-order valence-electron chi connectivity index (χ2n) is 7.89. The van der Waals surface area contributed by atoms with Gasteiger partial charge in [0, 0.05) is 30.1 Å². The van der Waals surface area contributed by atoms with Crippen LogP contribution in [0.4, 0.5) is 11.4 Å². The number of ether oxygens (including phenoxy) is 1. The maximum atomic E-state index is 12.7. The summed E-state index contributed by atoms with van der Waals surface area (Å²) in [6.07, 6.45) is 0. The molecular weight excluding hydrogens is 468 g/mol.